The zero-order valence-corrected chi connectivity index (χ0v) is 29.1. The summed E-state index contributed by atoms with van der Waals surface area (Å²) in [5, 5.41) is 5.97. The molecule has 4 atom stereocenters. The average molecular weight is 626 g/mol. The third-order valence-electron chi connectivity index (χ3n) is 9.68. The van der Waals surface area contributed by atoms with Crippen molar-refractivity contribution in [3.8, 4) is 0 Å². The molecule has 1 aliphatic rings. The third-order valence-corrected chi connectivity index (χ3v) is 9.68. The maximum Gasteiger partial charge on any atom is 0.262 e. The van der Waals surface area contributed by atoms with Crippen LogP contribution in [-0.2, 0) is 9.59 Å². The summed E-state index contributed by atoms with van der Waals surface area (Å²) in [7, 11) is 0. The van der Waals surface area contributed by atoms with Gasteiger partial charge < -0.3 is 10.6 Å². The first-order valence-electron chi connectivity index (χ1n) is 18.3. The summed E-state index contributed by atoms with van der Waals surface area (Å²) in [6.45, 7) is 10.6. The van der Waals surface area contributed by atoms with Crippen LogP contribution in [0.1, 0.15) is 171 Å². The van der Waals surface area contributed by atoms with Crippen molar-refractivity contribution in [1.82, 2.24) is 15.5 Å². The minimum absolute atomic E-state index is 0.0977. The number of carbonyl (C=O) groups is 4. The number of benzene rings is 1. The molecule has 0 fully saturated rings. The molecule has 254 valence electrons. The van der Waals surface area contributed by atoms with Crippen molar-refractivity contribution < 1.29 is 19.2 Å². The molecule has 1 aliphatic heterocycles. The number of carbonyl (C=O) groups excluding carboxylic acids is 4. The van der Waals surface area contributed by atoms with Crippen molar-refractivity contribution in [2.75, 3.05) is 6.54 Å². The van der Waals surface area contributed by atoms with E-state index in [1.807, 2.05) is 27.7 Å². The lowest BCUT2D eigenvalue weighted by Crippen LogP contribution is -2.58. The van der Waals surface area contributed by atoms with Gasteiger partial charge in [-0.2, -0.15) is 0 Å². The maximum absolute atomic E-state index is 13.7. The van der Waals surface area contributed by atoms with E-state index in [0.717, 1.165) is 17.7 Å². The van der Waals surface area contributed by atoms with Crippen LogP contribution in [0.5, 0.6) is 0 Å². The second kappa shape index (κ2) is 21.9. The van der Waals surface area contributed by atoms with E-state index >= 15 is 0 Å². The monoisotopic (exact) mass is 625 g/mol. The smallest absolute Gasteiger partial charge is 0.262 e. The first-order chi connectivity index (χ1) is 21.8. The lowest BCUT2D eigenvalue weighted by molar-refractivity contribution is -0.133. The Balaban J connectivity index is 1.72. The molecule has 1 aromatic carbocycles. The fourth-order valence-electron chi connectivity index (χ4n) is 6.25. The van der Waals surface area contributed by atoms with Gasteiger partial charge in [0.25, 0.3) is 11.8 Å². The minimum atomic E-state index is -0.984. The highest BCUT2D eigenvalue weighted by Gasteiger charge is 2.45. The molecule has 4 amide bonds. The van der Waals surface area contributed by atoms with Crippen LogP contribution < -0.4 is 10.6 Å². The van der Waals surface area contributed by atoms with Crippen LogP contribution in [0.15, 0.2) is 24.3 Å². The van der Waals surface area contributed by atoms with Crippen molar-refractivity contribution >= 4 is 23.6 Å². The maximum atomic E-state index is 13.7. The molecule has 7 nitrogen and oxygen atoms in total. The van der Waals surface area contributed by atoms with Crippen LogP contribution in [0.2, 0.25) is 0 Å². The average Bonchev–Trinajstić information content (AvgIpc) is 3.29. The number of amides is 4. The second-order valence-corrected chi connectivity index (χ2v) is 13.3. The summed E-state index contributed by atoms with van der Waals surface area (Å²) in [6, 6.07) is 4.96. The first kappa shape index (κ1) is 38.5. The van der Waals surface area contributed by atoms with Gasteiger partial charge in [-0.1, -0.05) is 156 Å². The molecular weight excluding hydrogens is 562 g/mol. The summed E-state index contributed by atoms with van der Waals surface area (Å²) in [5.41, 5.74) is 0.636. The van der Waals surface area contributed by atoms with Crippen molar-refractivity contribution in [2.24, 2.45) is 11.8 Å². The zero-order valence-electron chi connectivity index (χ0n) is 29.1. The predicted molar refractivity (Wildman–Crippen MR) is 184 cm³/mol. The fourth-order valence-corrected chi connectivity index (χ4v) is 6.25. The molecule has 0 spiro atoms. The largest absolute Gasteiger partial charge is 0.354 e. The van der Waals surface area contributed by atoms with E-state index in [4.69, 9.17) is 0 Å². The van der Waals surface area contributed by atoms with E-state index in [9.17, 15) is 19.2 Å². The van der Waals surface area contributed by atoms with Gasteiger partial charge in [0.2, 0.25) is 11.8 Å². The van der Waals surface area contributed by atoms with Gasteiger partial charge in [-0.25, -0.2) is 0 Å². The Hall–Kier alpha value is -2.70. The lowest BCUT2D eigenvalue weighted by Gasteiger charge is -2.32. The van der Waals surface area contributed by atoms with Crippen LogP contribution in [0.25, 0.3) is 0 Å². The highest BCUT2D eigenvalue weighted by Crippen LogP contribution is 2.28. The Morgan fingerprint density at radius 2 is 1.04 bits per heavy atom. The zero-order chi connectivity index (χ0) is 33.0. The molecule has 0 radical (unpaired) electrons. The van der Waals surface area contributed by atoms with Crippen molar-refractivity contribution in [3.05, 3.63) is 35.4 Å². The molecule has 0 aliphatic carbocycles. The van der Waals surface area contributed by atoms with Gasteiger partial charge >= 0.3 is 0 Å². The standard InChI is InChI=1S/C38H63N3O4/c1-6-9-10-11-12-13-14-15-16-17-18-19-20-21-22-25-28-39-35(42)33(29(4)7-2)40-36(43)34(30(5)8-3)41-37(44)31-26-23-24-27-32(31)38(41)45/h23-24,26-27,29-30,33-34H,6-22,25,28H2,1-5H3,(H,39,42)(H,40,43)/t29-,30-,33-,34+/m0/s1. The predicted octanol–water partition coefficient (Wildman–Crippen LogP) is 8.61. The molecule has 0 bridgehead atoms. The summed E-state index contributed by atoms with van der Waals surface area (Å²) in [5.74, 6) is -1.93. The Labute approximate surface area is 274 Å². The van der Waals surface area contributed by atoms with E-state index in [2.05, 4.69) is 17.6 Å². The topological polar surface area (TPSA) is 95.6 Å². The van der Waals surface area contributed by atoms with Gasteiger partial charge in [-0.3, -0.25) is 24.1 Å². The summed E-state index contributed by atoms with van der Waals surface area (Å²) in [6.07, 6.45) is 22.1. The molecule has 7 heteroatoms. The highest BCUT2D eigenvalue weighted by molar-refractivity contribution is 6.23. The number of rotatable bonds is 25. The van der Waals surface area contributed by atoms with Gasteiger partial charge in [-0.15, -0.1) is 0 Å². The molecule has 0 aromatic heterocycles. The Kier molecular flexibility index (Phi) is 18.8. The van der Waals surface area contributed by atoms with Gasteiger partial charge in [0.1, 0.15) is 12.1 Å². The summed E-state index contributed by atoms with van der Waals surface area (Å²) >= 11 is 0. The van der Waals surface area contributed by atoms with E-state index in [-0.39, 0.29) is 17.7 Å². The molecule has 1 heterocycles. The SMILES string of the molecule is CCCCCCCCCCCCCCCCCCNC(=O)[C@@H](NC(=O)[C@@H]([C@@H](C)CC)N1C(=O)c2ccccc2C1=O)[C@@H](C)CC. The van der Waals surface area contributed by atoms with Crippen molar-refractivity contribution in [2.45, 2.75) is 162 Å². The lowest BCUT2D eigenvalue weighted by atomic mass is 9.94. The summed E-state index contributed by atoms with van der Waals surface area (Å²) in [4.78, 5) is 54.5. The number of imide groups is 1. The van der Waals surface area contributed by atoms with Gasteiger partial charge in [-0.05, 0) is 30.4 Å². The number of unbranched alkanes of at least 4 members (excludes halogenated alkanes) is 15. The molecule has 2 N–H and O–H groups in total. The molecule has 0 saturated heterocycles. The van der Waals surface area contributed by atoms with E-state index in [1.54, 1.807) is 24.3 Å². The molecular formula is C38H63N3O4. The van der Waals surface area contributed by atoms with Crippen LogP contribution in [0.3, 0.4) is 0 Å². The first-order valence-corrected chi connectivity index (χ1v) is 18.3. The number of hydrogen-bond donors (Lipinski definition) is 2. The van der Waals surface area contributed by atoms with Gasteiger partial charge in [0, 0.05) is 6.54 Å². The number of nitrogens with zero attached hydrogens (tertiary/aromatic N) is 1. The third kappa shape index (κ3) is 12.5. The van der Waals surface area contributed by atoms with Gasteiger partial charge in [0.15, 0.2) is 0 Å². The number of hydrogen-bond acceptors (Lipinski definition) is 4. The second-order valence-electron chi connectivity index (χ2n) is 13.3. The molecule has 0 saturated carbocycles. The van der Waals surface area contributed by atoms with E-state index in [1.165, 1.54) is 89.9 Å². The van der Waals surface area contributed by atoms with Crippen LogP contribution >= 0.6 is 0 Å². The van der Waals surface area contributed by atoms with Gasteiger partial charge in [0.05, 0.1) is 11.1 Å². The summed E-state index contributed by atoms with van der Waals surface area (Å²) < 4.78 is 0. The van der Waals surface area contributed by atoms with Crippen LogP contribution in [0.4, 0.5) is 0 Å². The minimum Gasteiger partial charge on any atom is -0.354 e. The van der Waals surface area contributed by atoms with Crippen LogP contribution in [0, 0.1) is 11.8 Å². The highest BCUT2D eigenvalue weighted by atomic mass is 16.2. The molecule has 2 rings (SSSR count). The molecule has 45 heavy (non-hydrogen) atoms. The normalized spacial score (nSPS) is 15.4. The van der Waals surface area contributed by atoms with E-state index < -0.39 is 29.8 Å². The molecule has 0 unspecified atom stereocenters. The fraction of sp³-hybridized carbons (Fsp3) is 0.737. The van der Waals surface area contributed by atoms with E-state index in [0.29, 0.717) is 30.5 Å². The number of nitrogens with one attached hydrogen (secondary N) is 2. The van der Waals surface area contributed by atoms with Crippen molar-refractivity contribution in [1.29, 1.82) is 0 Å². The quantitative estimate of drug-likeness (QED) is 0.0840. The van der Waals surface area contributed by atoms with Crippen molar-refractivity contribution in [3.63, 3.8) is 0 Å². The van der Waals surface area contributed by atoms with Crippen LogP contribution in [-0.4, -0.2) is 47.2 Å². The Morgan fingerprint density at radius 1 is 0.622 bits per heavy atom. The molecule has 1 aromatic rings. The number of fused-ring (bicyclic) bond motifs is 1. The Morgan fingerprint density at radius 3 is 1.47 bits per heavy atom. The Bertz CT molecular complexity index is 1010.